The van der Waals surface area contributed by atoms with Crippen molar-refractivity contribution in [2.24, 2.45) is 0 Å². The molecule has 5 nitrogen and oxygen atoms in total. The molecule has 0 fully saturated rings. The fourth-order valence-electron chi connectivity index (χ4n) is 6.04. The molecule has 0 aliphatic carbocycles. The van der Waals surface area contributed by atoms with Crippen molar-refractivity contribution in [3.8, 4) is 57.0 Å². The van der Waals surface area contributed by atoms with Gasteiger partial charge in [-0.05, 0) is 48.0 Å². The van der Waals surface area contributed by atoms with E-state index in [0.29, 0.717) is 34.2 Å². The predicted molar refractivity (Wildman–Crippen MR) is 181 cm³/mol. The van der Waals surface area contributed by atoms with Crippen molar-refractivity contribution in [2.75, 3.05) is 0 Å². The molecule has 0 aliphatic rings. The van der Waals surface area contributed by atoms with E-state index in [1.54, 1.807) is 24.3 Å². The molecule has 0 unspecified atom stereocenters. The van der Waals surface area contributed by atoms with E-state index in [-0.39, 0.29) is 5.56 Å². The number of fused-ring (bicyclic) bond motifs is 3. The number of hydrogen-bond donors (Lipinski definition) is 0. The van der Waals surface area contributed by atoms with E-state index in [1.807, 2.05) is 103 Å². The van der Waals surface area contributed by atoms with Crippen LogP contribution < -0.4 is 0 Å². The highest BCUT2D eigenvalue weighted by atomic mass is 19.2. The highest BCUT2D eigenvalue weighted by Crippen LogP contribution is 2.39. The van der Waals surface area contributed by atoms with Crippen LogP contribution in [0.5, 0.6) is 0 Å². The molecule has 2 aromatic heterocycles. The summed E-state index contributed by atoms with van der Waals surface area (Å²) in [5.41, 5.74) is 5.86. The van der Waals surface area contributed by atoms with Crippen LogP contribution in [0.25, 0.3) is 72.8 Å². The summed E-state index contributed by atoms with van der Waals surface area (Å²) < 4.78 is 31.8. The van der Waals surface area contributed by atoms with Crippen LogP contribution in [0.1, 0.15) is 5.56 Å². The number of nitriles is 1. The molecule has 0 spiro atoms. The molecule has 8 rings (SSSR count). The minimum atomic E-state index is -0.933. The third-order valence-electron chi connectivity index (χ3n) is 8.24. The number of benzene rings is 6. The Balaban J connectivity index is 1.47. The van der Waals surface area contributed by atoms with Crippen molar-refractivity contribution in [2.45, 2.75) is 0 Å². The van der Waals surface area contributed by atoms with E-state index in [4.69, 9.17) is 15.0 Å². The van der Waals surface area contributed by atoms with Crippen LogP contribution in [0, 0.1) is 23.0 Å². The van der Waals surface area contributed by atoms with Gasteiger partial charge in [0.15, 0.2) is 29.1 Å². The van der Waals surface area contributed by atoms with Gasteiger partial charge in [-0.3, -0.25) is 0 Å². The maximum Gasteiger partial charge on any atom is 0.166 e. The van der Waals surface area contributed by atoms with Crippen molar-refractivity contribution >= 4 is 21.8 Å². The first-order chi connectivity index (χ1) is 23.1. The second kappa shape index (κ2) is 11.4. The third-order valence-corrected chi connectivity index (χ3v) is 8.24. The summed E-state index contributed by atoms with van der Waals surface area (Å²) in [5, 5.41) is 11.6. The number of rotatable bonds is 5. The lowest BCUT2D eigenvalue weighted by atomic mass is 10.00. The monoisotopic (exact) mass is 611 g/mol. The van der Waals surface area contributed by atoms with Crippen LogP contribution in [-0.4, -0.2) is 19.5 Å². The van der Waals surface area contributed by atoms with Crippen LogP contribution >= 0.6 is 0 Å². The van der Waals surface area contributed by atoms with E-state index in [2.05, 4.69) is 10.6 Å². The van der Waals surface area contributed by atoms with Gasteiger partial charge in [0.25, 0.3) is 0 Å². The van der Waals surface area contributed by atoms with Gasteiger partial charge >= 0.3 is 0 Å². The van der Waals surface area contributed by atoms with Crippen LogP contribution in [0.2, 0.25) is 0 Å². The van der Waals surface area contributed by atoms with Gasteiger partial charge in [-0.25, -0.2) is 23.7 Å². The standard InChI is InChI=1S/C40H23F2N5/c41-33-16-9-15-29(37(33)42)28-19-21-36(47-34-17-8-7-14-30(34)31-22-25(24-43)18-20-35(31)47)32(23-28)40-45-38(26-10-3-1-4-11-26)44-39(46-40)27-12-5-2-6-13-27/h1-23H. The lowest BCUT2D eigenvalue weighted by Gasteiger charge is -2.16. The predicted octanol–water partition coefficient (Wildman–Crippen LogP) is 9.79. The van der Waals surface area contributed by atoms with Crippen LogP contribution in [-0.2, 0) is 0 Å². The maximum atomic E-state index is 15.2. The largest absolute Gasteiger partial charge is 0.308 e. The average Bonchev–Trinajstić information content (AvgIpc) is 3.46. The molecule has 47 heavy (non-hydrogen) atoms. The summed E-state index contributed by atoms with van der Waals surface area (Å²) >= 11 is 0. The summed E-state index contributed by atoms with van der Waals surface area (Å²) in [6.07, 6.45) is 0. The molecule has 0 aliphatic heterocycles. The highest BCUT2D eigenvalue weighted by Gasteiger charge is 2.21. The van der Waals surface area contributed by atoms with Crippen molar-refractivity contribution in [1.29, 1.82) is 5.26 Å². The van der Waals surface area contributed by atoms with Gasteiger partial charge in [-0.15, -0.1) is 0 Å². The topological polar surface area (TPSA) is 67.4 Å². The van der Waals surface area contributed by atoms with Gasteiger partial charge in [0.05, 0.1) is 28.4 Å². The number of para-hydroxylation sites is 1. The zero-order valence-corrected chi connectivity index (χ0v) is 24.8. The average molecular weight is 612 g/mol. The van der Waals surface area contributed by atoms with E-state index in [9.17, 15) is 9.65 Å². The molecule has 7 heteroatoms. The fraction of sp³-hybridized carbons (Fsp3) is 0. The first-order valence-corrected chi connectivity index (χ1v) is 15.0. The molecular weight excluding hydrogens is 588 g/mol. The normalized spacial score (nSPS) is 11.2. The Labute approximate surface area is 268 Å². The lowest BCUT2D eigenvalue weighted by Crippen LogP contribution is -2.04. The van der Waals surface area contributed by atoms with Crippen molar-refractivity contribution < 1.29 is 8.78 Å². The molecule has 0 bridgehead atoms. The Morgan fingerprint density at radius 1 is 0.511 bits per heavy atom. The second-order valence-electron chi connectivity index (χ2n) is 11.1. The zero-order chi connectivity index (χ0) is 31.9. The minimum Gasteiger partial charge on any atom is -0.308 e. The number of nitrogens with zero attached hydrogens (tertiary/aromatic N) is 5. The van der Waals surface area contributed by atoms with Gasteiger partial charge in [0.1, 0.15) is 0 Å². The van der Waals surface area contributed by atoms with Crippen LogP contribution in [0.3, 0.4) is 0 Å². The van der Waals surface area contributed by atoms with Gasteiger partial charge in [-0.1, -0.05) is 97.1 Å². The molecule has 0 saturated heterocycles. The molecule has 2 heterocycles. The zero-order valence-electron chi connectivity index (χ0n) is 24.8. The van der Waals surface area contributed by atoms with Crippen molar-refractivity contribution in [3.05, 3.63) is 157 Å². The molecule has 6 aromatic carbocycles. The summed E-state index contributed by atoms with van der Waals surface area (Å²) in [4.78, 5) is 14.8. The first kappa shape index (κ1) is 28.0. The van der Waals surface area contributed by atoms with E-state index >= 15 is 4.39 Å². The second-order valence-corrected chi connectivity index (χ2v) is 11.1. The third kappa shape index (κ3) is 4.89. The van der Waals surface area contributed by atoms with Crippen molar-refractivity contribution in [3.63, 3.8) is 0 Å². The highest BCUT2D eigenvalue weighted by molar-refractivity contribution is 6.10. The van der Waals surface area contributed by atoms with Crippen LogP contribution in [0.15, 0.2) is 140 Å². The minimum absolute atomic E-state index is 0.124. The van der Waals surface area contributed by atoms with E-state index in [1.165, 1.54) is 6.07 Å². The molecule has 0 radical (unpaired) electrons. The van der Waals surface area contributed by atoms with Gasteiger partial charge < -0.3 is 4.57 Å². The Bertz CT molecular complexity index is 2440. The van der Waals surface area contributed by atoms with Crippen molar-refractivity contribution in [1.82, 2.24) is 19.5 Å². The maximum absolute atomic E-state index is 15.2. The molecule has 222 valence electrons. The van der Waals surface area contributed by atoms with Gasteiger partial charge in [-0.2, -0.15) is 5.26 Å². The molecule has 0 N–H and O–H groups in total. The number of halogens is 2. The molecular formula is C40H23F2N5. The first-order valence-electron chi connectivity index (χ1n) is 15.0. The Kier molecular flexibility index (Phi) is 6.81. The summed E-state index contributed by atoms with van der Waals surface area (Å²) in [5.74, 6) is -0.544. The van der Waals surface area contributed by atoms with Gasteiger partial charge in [0, 0.05) is 33.0 Å². The number of aromatic nitrogens is 4. The molecule has 0 atom stereocenters. The van der Waals surface area contributed by atoms with Gasteiger partial charge in [0.2, 0.25) is 0 Å². The molecule has 0 amide bonds. The Morgan fingerprint density at radius 3 is 1.85 bits per heavy atom. The Hall–Kier alpha value is -6.52. The quantitative estimate of drug-likeness (QED) is 0.194. The molecule has 8 aromatic rings. The van der Waals surface area contributed by atoms with E-state index in [0.717, 1.165) is 44.7 Å². The fourth-order valence-corrected chi connectivity index (χ4v) is 6.04. The van der Waals surface area contributed by atoms with Crippen LogP contribution in [0.4, 0.5) is 8.78 Å². The summed E-state index contributed by atoms with van der Waals surface area (Å²) in [6, 6.07) is 44.7. The SMILES string of the molecule is N#Cc1ccc2c(c1)c1ccccc1n2-c1ccc(-c2cccc(F)c2F)cc1-c1nc(-c2ccccc2)nc(-c2ccccc2)n1. The summed E-state index contributed by atoms with van der Waals surface area (Å²) in [7, 11) is 0. The molecule has 0 saturated carbocycles. The smallest absolute Gasteiger partial charge is 0.166 e. The summed E-state index contributed by atoms with van der Waals surface area (Å²) in [6.45, 7) is 0. The Morgan fingerprint density at radius 2 is 1.15 bits per heavy atom. The van der Waals surface area contributed by atoms with E-state index < -0.39 is 11.6 Å². The number of hydrogen-bond acceptors (Lipinski definition) is 4. The lowest BCUT2D eigenvalue weighted by molar-refractivity contribution is 0.511.